The van der Waals surface area contributed by atoms with Crippen molar-refractivity contribution in [3.63, 3.8) is 0 Å². The topological polar surface area (TPSA) is 46.9 Å². The van der Waals surface area contributed by atoms with E-state index in [1.807, 2.05) is 0 Å². The first-order valence-corrected chi connectivity index (χ1v) is 10.3. The van der Waals surface area contributed by atoms with Crippen LogP contribution in [0.15, 0.2) is 38.7 Å². The van der Waals surface area contributed by atoms with Gasteiger partial charge in [0, 0.05) is 26.3 Å². The van der Waals surface area contributed by atoms with Crippen LogP contribution in [-0.4, -0.2) is 15.7 Å². The normalized spacial score (nSPS) is 10.9. The Balaban J connectivity index is 1.79. The summed E-state index contributed by atoms with van der Waals surface area (Å²) in [6.45, 7) is 0.337. The minimum Gasteiger partial charge on any atom is -0.303 e. The lowest BCUT2D eigenvalue weighted by Gasteiger charge is -2.06. The molecule has 2 heterocycles. The number of benzene rings is 1. The van der Waals surface area contributed by atoms with Crippen molar-refractivity contribution in [3.05, 3.63) is 64.2 Å². The van der Waals surface area contributed by atoms with E-state index < -0.39 is 0 Å². The molecule has 130 valence electrons. The molecule has 0 aliphatic heterocycles. The lowest BCUT2D eigenvalue weighted by atomic mass is 10.2. The predicted molar refractivity (Wildman–Crippen MR) is 110 cm³/mol. The van der Waals surface area contributed by atoms with Crippen molar-refractivity contribution in [2.45, 2.75) is 6.54 Å². The molecular formula is C15H8Br2Cl3N3OS. The van der Waals surface area contributed by atoms with Crippen molar-refractivity contribution < 1.29 is 4.79 Å². The van der Waals surface area contributed by atoms with Crippen LogP contribution in [-0.2, 0) is 6.54 Å². The Kier molecular flexibility index (Phi) is 6.13. The maximum Gasteiger partial charge on any atom is 0.267 e. The van der Waals surface area contributed by atoms with Crippen LogP contribution in [0, 0.1) is 0 Å². The van der Waals surface area contributed by atoms with Gasteiger partial charge in [-0.15, -0.1) is 11.3 Å². The van der Waals surface area contributed by atoms with Crippen molar-refractivity contribution >= 4 is 89.7 Å². The highest BCUT2D eigenvalue weighted by Crippen LogP contribution is 2.33. The van der Waals surface area contributed by atoms with Gasteiger partial charge >= 0.3 is 0 Å². The van der Waals surface area contributed by atoms with Gasteiger partial charge < -0.3 is 5.32 Å². The van der Waals surface area contributed by atoms with Gasteiger partial charge in [-0.05, 0) is 50.1 Å². The molecule has 0 saturated carbocycles. The van der Waals surface area contributed by atoms with E-state index in [0.717, 1.165) is 13.8 Å². The summed E-state index contributed by atoms with van der Waals surface area (Å²) in [4.78, 5) is 12.8. The number of carbonyl (C=O) groups excluding carboxylic acids is 1. The number of carbonyl (C=O) groups is 1. The standard InChI is InChI=1S/C15H8Br2Cl3N3OS/c16-8-4-12(25-13(8)17)15(24)21-14-11(20)6-23(22-14)5-7-9(18)2-1-3-10(7)19/h1-4,6H,5H2,(H,21,22,24). The van der Waals surface area contributed by atoms with Gasteiger partial charge in [0.2, 0.25) is 0 Å². The summed E-state index contributed by atoms with van der Waals surface area (Å²) in [6.07, 6.45) is 1.61. The molecule has 1 amide bonds. The van der Waals surface area contributed by atoms with Crippen LogP contribution >= 0.6 is 78.0 Å². The van der Waals surface area contributed by atoms with Crippen LogP contribution in [0.3, 0.4) is 0 Å². The molecule has 10 heteroatoms. The highest BCUT2D eigenvalue weighted by atomic mass is 79.9. The maximum absolute atomic E-state index is 12.3. The third-order valence-corrected chi connectivity index (χ3v) is 7.44. The van der Waals surface area contributed by atoms with Crippen LogP contribution in [0.4, 0.5) is 5.82 Å². The van der Waals surface area contributed by atoms with E-state index in [2.05, 4.69) is 42.3 Å². The highest BCUT2D eigenvalue weighted by molar-refractivity contribution is 9.13. The number of nitrogens with one attached hydrogen (secondary N) is 1. The van der Waals surface area contributed by atoms with E-state index in [1.54, 1.807) is 35.1 Å². The minimum atomic E-state index is -0.292. The summed E-state index contributed by atoms with van der Waals surface area (Å²) in [5.41, 5.74) is 0.731. The Labute approximate surface area is 179 Å². The first kappa shape index (κ1) is 19.2. The number of amides is 1. The van der Waals surface area contributed by atoms with Crippen LogP contribution in [0.2, 0.25) is 15.1 Å². The van der Waals surface area contributed by atoms with Gasteiger partial charge in [-0.1, -0.05) is 40.9 Å². The maximum atomic E-state index is 12.3. The number of thiophene rings is 1. The molecule has 25 heavy (non-hydrogen) atoms. The fraction of sp³-hybridized carbons (Fsp3) is 0.0667. The molecule has 0 aliphatic carbocycles. The van der Waals surface area contributed by atoms with E-state index in [0.29, 0.717) is 26.5 Å². The average Bonchev–Trinajstić information content (AvgIpc) is 3.06. The Morgan fingerprint density at radius 3 is 2.48 bits per heavy atom. The molecule has 0 bridgehead atoms. The third kappa shape index (κ3) is 4.40. The van der Waals surface area contributed by atoms with Gasteiger partial charge in [0.1, 0.15) is 5.02 Å². The molecule has 4 nitrogen and oxygen atoms in total. The Hall–Kier alpha value is -0.570. The number of anilines is 1. The second-order valence-electron chi connectivity index (χ2n) is 4.91. The molecule has 0 atom stereocenters. The molecule has 2 aromatic heterocycles. The second-order valence-corrected chi connectivity index (χ2v) is 9.36. The molecule has 3 aromatic rings. The molecular weight excluding hydrogens is 536 g/mol. The lowest BCUT2D eigenvalue weighted by molar-refractivity contribution is 0.103. The average molecular weight is 544 g/mol. The molecule has 0 aliphatic rings. The third-order valence-electron chi connectivity index (χ3n) is 3.20. The molecule has 0 unspecified atom stereocenters. The number of aromatic nitrogens is 2. The molecule has 3 rings (SSSR count). The van der Waals surface area contributed by atoms with Crippen molar-refractivity contribution in [2.75, 3.05) is 5.32 Å². The van der Waals surface area contributed by atoms with Gasteiger partial charge in [-0.25, -0.2) is 0 Å². The SMILES string of the molecule is O=C(Nc1nn(Cc2c(Cl)cccc2Cl)cc1Cl)c1cc(Br)c(Br)s1. The van der Waals surface area contributed by atoms with Crippen molar-refractivity contribution in [2.24, 2.45) is 0 Å². The summed E-state index contributed by atoms with van der Waals surface area (Å²) >= 11 is 26.5. The number of halogens is 5. The zero-order valence-electron chi connectivity index (χ0n) is 12.2. The fourth-order valence-electron chi connectivity index (χ4n) is 2.04. The summed E-state index contributed by atoms with van der Waals surface area (Å²) < 4.78 is 3.22. The van der Waals surface area contributed by atoms with Gasteiger partial charge in [0.05, 0.1) is 15.2 Å². The summed E-state index contributed by atoms with van der Waals surface area (Å²) in [6, 6.07) is 7.00. The number of nitrogens with zero attached hydrogens (tertiary/aromatic N) is 2. The van der Waals surface area contributed by atoms with Crippen LogP contribution in [0.1, 0.15) is 15.2 Å². The zero-order valence-corrected chi connectivity index (χ0v) is 18.5. The van der Waals surface area contributed by atoms with Crippen LogP contribution in [0.5, 0.6) is 0 Å². The van der Waals surface area contributed by atoms with Gasteiger partial charge in [0.25, 0.3) is 5.91 Å². The molecule has 1 aromatic carbocycles. The van der Waals surface area contributed by atoms with E-state index in [4.69, 9.17) is 34.8 Å². The van der Waals surface area contributed by atoms with E-state index in [9.17, 15) is 4.79 Å². The molecule has 0 fully saturated rings. The largest absolute Gasteiger partial charge is 0.303 e. The Bertz CT molecular complexity index is 918. The van der Waals surface area contributed by atoms with Crippen molar-refractivity contribution in [3.8, 4) is 0 Å². The van der Waals surface area contributed by atoms with Crippen molar-refractivity contribution in [1.82, 2.24) is 9.78 Å². The Morgan fingerprint density at radius 2 is 1.88 bits per heavy atom. The van der Waals surface area contributed by atoms with E-state index >= 15 is 0 Å². The number of rotatable bonds is 4. The van der Waals surface area contributed by atoms with Crippen LogP contribution < -0.4 is 5.32 Å². The van der Waals surface area contributed by atoms with E-state index in [-0.39, 0.29) is 11.7 Å². The molecule has 0 radical (unpaired) electrons. The smallest absolute Gasteiger partial charge is 0.267 e. The lowest BCUT2D eigenvalue weighted by Crippen LogP contribution is -2.11. The highest BCUT2D eigenvalue weighted by Gasteiger charge is 2.16. The summed E-state index contributed by atoms with van der Waals surface area (Å²) in [5.74, 6) is -0.0187. The summed E-state index contributed by atoms with van der Waals surface area (Å²) in [5, 5.41) is 8.41. The van der Waals surface area contributed by atoms with Crippen molar-refractivity contribution in [1.29, 1.82) is 0 Å². The molecule has 0 saturated heterocycles. The van der Waals surface area contributed by atoms with Crippen LogP contribution in [0.25, 0.3) is 0 Å². The number of hydrogen-bond acceptors (Lipinski definition) is 3. The molecule has 0 spiro atoms. The quantitative estimate of drug-likeness (QED) is 0.396. The summed E-state index contributed by atoms with van der Waals surface area (Å²) in [7, 11) is 0. The van der Waals surface area contributed by atoms with Gasteiger partial charge in [0.15, 0.2) is 5.82 Å². The predicted octanol–water partition coefficient (Wildman–Crippen LogP) is 6.73. The zero-order chi connectivity index (χ0) is 18.1. The second kappa shape index (κ2) is 7.98. The fourth-order valence-corrected chi connectivity index (χ4v) is 4.68. The number of hydrogen-bond donors (Lipinski definition) is 1. The first-order valence-electron chi connectivity index (χ1n) is 6.77. The minimum absolute atomic E-state index is 0.274. The molecule has 1 N–H and O–H groups in total. The monoisotopic (exact) mass is 541 g/mol. The van der Waals surface area contributed by atoms with Gasteiger partial charge in [-0.3, -0.25) is 9.48 Å². The first-order chi connectivity index (χ1) is 11.8. The van der Waals surface area contributed by atoms with Gasteiger partial charge in [-0.2, -0.15) is 5.10 Å². The Morgan fingerprint density at radius 1 is 1.20 bits per heavy atom. The van der Waals surface area contributed by atoms with E-state index in [1.165, 1.54) is 11.3 Å².